The minimum atomic E-state index is -4.69. The van der Waals surface area contributed by atoms with Crippen LogP contribution >= 0.6 is 0 Å². The minimum Gasteiger partial charge on any atom is -0.347 e. The number of carbonyl (C=O) groups excluding carboxylic acids is 1. The van der Waals surface area contributed by atoms with Crippen molar-refractivity contribution < 1.29 is 22.5 Å². The fraction of sp³-hybridized carbons (Fsp3) is 0.368. The lowest BCUT2D eigenvalue weighted by Gasteiger charge is -2.32. The maximum atomic E-state index is 12.7. The summed E-state index contributed by atoms with van der Waals surface area (Å²) >= 11 is 0. The number of rotatable bonds is 3. The third-order valence-corrected chi connectivity index (χ3v) is 5.00. The third-order valence-electron chi connectivity index (χ3n) is 5.00. The third kappa shape index (κ3) is 3.87. The van der Waals surface area contributed by atoms with Gasteiger partial charge in [0.1, 0.15) is 5.69 Å². The van der Waals surface area contributed by atoms with Crippen molar-refractivity contribution in [2.75, 3.05) is 13.1 Å². The fourth-order valence-electron chi connectivity index (χ4n) is 3.48. The molecule has 0 N–H and O–H groups in total. The molecular weight excluding hydrogens is 387 g/mol. The molecule has 7 nitrogen and oxygen atoms in total. The molecule has 0 aromatic carbocycles. The smallest absolute Gasteiger partial charge is 0.347 e. The van der Waals surface area contributed by atoms with E-state index in [1.807, 2.05) is 24.2 Å². The molecule has 152 valence electrons. The Morgan fingerprint density at radius 1 is 1.28 bits per heavy atom. The van der Waals surface area contributed by atoms with Gasteiger partial charge in [-0.1, -0.05) is 5.16 Å². The highest BCUT2D eigenvalue weighted by atomic mass is 19.4. The Morgan fingerprint density at radius 2 is 2.10 bits per heavy atom. The van der Waals surface area contributed by atoms with Gasteiger partial charge >= 0.3 is 12.1 Å². The first-order valence-electron chi connectivity index (χ1n) is 9.11. The van der Waals surface area contributed by atoms with Crippen molar-refractivity contribution in [2.45, 2.75) is 24.9 Å². The molecule has 29 heavy (non-hydrogen) atoms. The Labute approximate surface area is 164 Å². The van der Waals surface area contributed by atoms with Crippen LogP contribution in [0.4, 0.5) is 13.2 Å². The zero-order chi connectivity index (χ0) is 20.6. The van der Waals surface area contributed by atoms with Gasteiger partial charge in [-0.25, -0.2) is 0 Å². The van der Waals surface area contributed by atoms with E-state index in [1.54, 1.807) is 22.8 Å². The van der Waals surface area contributed by atoms with Crippen molar-refractivity contribution >= 4 is 5.91 Å². The van der Waals surface area contributed by atoms with Gasteiger partial charge in [-0.05, 0) is 37.1 Å². The average molecular weight is 405 g/mol. The molecular formula is C19H18F3N5O2. The summed E-state index contributed by atoms with van der Waals surface area (Å²) in [6.45, 7) is 1.22. The molecule has 1 atom stereocenters. The van der Waals surface area contributed by atoms with E-state index < -0.39 is 12.1 Å². The topological polar surface area (TPSA) is 77.0 Å². The van der Waals surface area contributed by atoms with Crippen LogP contribution < -0.4 is 0 Å². The Balaban J connectivity index is 1.48. The molecule has 3 aromatic heterocycles. The van der Waals surface area contributed by atoms with E-state index in [1.165, 1.54) is 6.20 Å². The molecule has 4 heterocycles. The largest absolute Gasteiger partial charge is 0.471 e. The highest BCUT2D eigenvalue weighted by Crippen LogP contribution is 2.30. The lowest BCUT2D eigenvalue weighted by atomic mass is 9.93. The van der Waals surface area contributed by atoms with Crippen molar-refractivity contribution in [3.8, 4) is 11.4 Å². The van der Waals surface area contributed by atoms with Crippen LogP contribution in [-0.4, -0.2) is 43.6 Å². The molecule has 0 bridgehead atoms. The lowest BCUT2D eigenvalue weighted by molar-refractivity contribution is -0.159. The summed E-state index contributed by atoms with van der Waals surface area (Å²) in [5.41, 5.74) is 1.74. The van der Waals surface area contributed by atoms with Crippen LogP contribution in [-0.2, 0) is 13.2 Å². The van der Waals surface area contributed by atoms with Gasteiger partial charge in [0, 0.05) is 49.7 Å². The molecule has 1 aliphatic rings. The van der Waals surface area contributed by atoms with E-state index in [4.69, 9.17) is 0 Å². The van der Waals surface area contributed by atoms with Gasteiger partial charge in [0.15, 0.2) is 0 Å². The zero-order valence-electron chi connectivity index (χ0n) is 15.6. The molecule has 1 fully saturated rings. The number of alkyl halides is 3. The highest BCUT2D eigenvalue weighted by molar-refractivity contribution is 5.92. The molecule has 1 saturated heterocycles. The lowest BCUT2D eigenvalue weighted by Crippen LogP contribution is -2.40. The second kappa shape index (κ2) is 7.34. The number of pyridine rings is 1. The second-order valence-corrected chi connectivity index (χ2v) is 6.99. The molecule has 4 rings (SSSR count). The quantitative estimate of drug-likeness (QED) is 0.667. The number of hydrogen-bond donors (Lipinski definition) is 0. The zero-order valence-corrected chi connectivity index (χ0v) is 15.6. The van der Waals surface area contributed by atoms with Crippen LogP contribution in [0.15, 0.2) is 41.2 Å². The average Bonchev–Trinajstić information content (AvgIpc) is 3.37. The summed E-state index contributed by atoms with van der Waals surface area (Å²) in [7, 11) is 1.83. The van der Waals surface area contributed by atoms with Gasteiger partial charge in [-0.15, -0.1) is 0 Å². The van der Waals surface area contributed by atoms with Crippen molar-refractivity contribution in [3.63, 3.8) is 0 Å². The minimum absolute atomic E-state index is 0.0229. The highest BCUT2D eigenvalue weighted by Gasteiger charge is 2.38. The number of aryl methyl sites for hydroxylation is 1. The Hall–Kier alpha value is -3.17. The number of amides is 1. The van der Waals surface area contributed by atoms with Gasteiger partial charge in [-0.2, -0.15) is 18.2 Å². The number of halogens is 3. The van der Waals surface area contributed by atoms with Crippen molar-refractivity contribution in [1.29, 1.82) is 0 Å². The standard InChI is InChI=1S/C19H18F3N5O2/c1-26-8-3-5-15(26)17(28)27-9-2-4-13(11-27)14-7-6-12(10-23-14)16-24-18(29-25-16)19(20,21)22/h3,5-8,10,13H,2,4,9,11H2,1H3/t13-/m1/s1. The molecule has 3 aromatic rings. The SMILES string of the molecule is Cn1cccc1C(=O)N1CCC[C@@H](c2ccc(-c3noc(C(F)(F)F)n3)cn2)C1. The van der Waals surface area contributed by atoms with Crippen molar-refractivity contribution in [1.82, 2.24) is 24.6 Å². The summed E-state index contributed by atoms with van der Waals surface area (Å²) in [6.07, 6.45) is 0.304. The van der Waals surface area contributed by atoms with Crippen LogP contribution in [0, 0.1) is 0 Å². The first-order valence-corrected chi connectivity index (χ1v) is 9.11. The predicted octanol–water partition coefficient (Wildman–Crippen LogP) is 3.51. The molecule has 1 aliphatic heterocycles. The first-order chi connectivity index (χ1) is 13.8. The van der Waals surface area contributed by atoms with E-state index in [0.717, 1.165) is 18.5 Å². The van der Waals surface area contributed by atoms with Gasteiger partial charge in [0.25, 0.3) is 5.91 Å². The van der Waals surface area contributed by atoms with Gasteiger partial charge in [-0.3, -0.25) is 9.78 Å². The van der Waals surface area contributed by atoms with Gasteiger partial charge in [0.05, 0.1) is 0 Å². The monoisotopic (exact) mass is 405 g/mol. The molecule has 0 spiro atoms. The summed E-state index contributed by atoms with van der Waals surface area (Å²) < 4.78 is 43.9. The molecule has 0 unspecified atom stereocenters. The van der Waals surface area contributed by atoms with E-state index >= 15 is 0 Å². The van der Waals surface area contributed by atoms with Gasteiger partial charge < -0.3 is 14.0 Å². The molecule has 0 aliphatic carbocycles. The number of aromatic nitrogens is 4. The van der Waals surface area contributed by atoms with E-state index in [-0.39, 0.29) is 17.6 Å². The number of nitrogens with zero attached hydrogens (tertiary/aromatic N) is 5. The summed E-state index contributed by atoms with van der Waals surface area (Å²) in [6, 6.07) is 6.97. The number of likely N-dealkylation sites (tertiary alicyclic amines) is 1. The predicted molar refractivity (Wildman–Crippen MR) is 95.8 cm³/mol. The normalized spacial score (nSPS) is 17.5. The Kier molecular flexibility index (Phi) is 4.85. The van der Waals surface area contributed by atoms with Crippen LogP contribution in [0.25, 0.3) is 11.4 Å². The molecule has 10 heteroatoms. The maximum Gasteiger partial charge on any atom is 0.471 e. The van der Waals surface area contributed by atoms with E-state index in [0.29, 0.717) is 24.3 Å². The van der Waals surface area contributed by atoms with E-state index in [9.17, 15) is 18.0 Å². The first kappa shape index (κ1) is 19.2. The van der Waals surface area contributed by atoms with Crippen molar-refractivity contribution in [3.05, 3.63) is 53.9 Å². The van der Waals surface area contributed by atoms with Crippen LogP contribution in [0.2, 0.25) is 0 Å². The van der Waals surface area contributed by atoms with Gasteiger partial charge in [0.2, 0.25) is 5.82 Å². The van der Waals surface area contributed by atoms with Crippen LogP contribution in [0.3, 0.4) is 0 Å². The summed E-state index contributed by atoms with van der Waals surface area (Å²) in [5.74, 6) is -1.53. The fourth-order valence-corrected chi connectivity index (χ4v) is 3.48. The summed E-state index contributed by atoms with van der Waals surface area (Å²) in [5, 5.41) is 3.37. The molecule has 0 saturated carbocycles. The maximum absolute atomic E-state index is 12.7. The van der Waals surface area contributed by atoms with Crippen LogP contribution in [0.5, 0.6) is 0 Å². The van der Waals surface area contributed by atoms with E-state index in [2.05, 4.69) is 19.6 Å². The second-order valence-electron chi connectivity index (χ2n) is 6.99. The number of hydrogen-bond acceptors (Lipinski definition) is 5. The summed E-state index contributed by atoms with van der Waals surface area (Å²) in [4.78, 5) is 22.3. The Morgan fingerprint density at radius 3 is 2.72 bits per heavy atom. The molecule has 1 amide bonds. The number of piperidine rings is 1. The van der Waals surface area contributed by atoms with Crippen molar-refractivity contribution in [2.24, 2.45) is 7.05 Å². The number of carbonyl (C=O) groups is 1. The van der Waals surface area contributed by atoms with Crippen LogP contribution in [0.1, 0.15) is 40.8 Å². The molecule has 0 radical (unpaired) electrons. The Bertz CT molecular complexity index is 1010.